The average molecular weight is 351 g/mol. The minimum atomic E-state index is 0.244. The van der Waals surface area contributed by atoms with Gasteiger partial charge >= 0.3 is 0 Å². The van der Waals surface area contributed by atoms with Crippen molar-refractivity contribution in [2.75, 3.05) is 0 Å². The zero-order valence-electron chi connectivity index (χ0n) is 10.3. The average Bonchev–Trinajstić information content (AvgIpc) is 2.41. The van der Waals surface area contributed by atoms with E-state index in [1.807, 2.05) is 6.07 Å². The van der Waals surface area contributed by atoms with E-state index < -0.39 is 0 Å². The van der Waals surface area contributed by atoms with E-state index >= 15 is 0 Å². The molecule has 0 saturated carbocycles. The van der Waals surface area contributed by atoms with E-state index in [9.17, 15) is 0 Å². The maximum Gasteiger partial charge on any atom is 0.142 e. The molecule has 106 valence electrons. The zero-order valence-corrected chi connectivity index (χ0v) is 13.3. The van der Waals surface area contributed by atoms with Gasteiger partial charge in [-0.1, -0.05) is 58.5 Å². The van der Waals surface area contributed by atoms with Gasteiger partial charge in [-0.25, -0.2) is 0 Å². The first-order chi connectivity index (χ1) is 9.52. The fourth-order valence-electron chi connectivity index (χ4n) is 1.74. The summed E-state index contributed by atoms with van der Waals surface area (Å²) >= 11 is 24.1. The third kappa shape index (κ3) is 3.51. The lowest BCUT2D eigenvalue weighted by Gasteiger charge is -2.14. The molecule has 0 spiro atoms. The van der Waals surface area contributed by atoms with Crippen molar-refractivity contribution < 1.29 is 4.74 Å². The van der Waals surface area contributed by atoms with Crippen LogP contribution in [0, 0.1) is 0 Å². The second-order valence-electron chi connectivity index (χ2n) is 4.08. The highest BCUT2D eigenvalue weighted by Crippen LogP contribution is 2.34. The lowest BCUT2D eigenvalue weighted by molar-refractivity contribution is 0.303. The van der Waals surface area contributed by atoms with Crippen molar-refractivity contribution in [3.05, 3.63) is 61.5 Å². The number of benzene rings is 2. The summed E-state index contributed by atoms with van der Waals surface area (Å²) in [5, 5.41) is 1.88. The van der Waals surface area contributed by atoms with Gasteiger partial charge < -0.3 is 10.5 Å². The van der Waals surface area contributed by atoms with Gasteiger partial charge in [-0.3, -0.25) is 0 Å². The first-order valence-electron chi connectivity index (χ1n) is 5.76. The predicted molar refractivity (Wildman–Crippen MR) is 85.1 cm³/mol. The highest BCUT2D eigenvalue weighted by Gasteiger charge is 2.11. The topological polar surface area (TPSA) is 35.2 Å². The minimum Gasteiger partial charge on any atom is -0.487 e. The molecule has 0 unspecified atom stereocenters. The van der Waals surface area contributed by atoms with Crippen molar-refractivity contribution in [2.24, 2.45) is 5.73 Å². The van der Waals surface area contributed by atoms with Crippen LogP contribution in [-0.2, 0) is 13.2 Å². The normalized spacial score (nSPS) is 10.7. The third-order valence-corrected chi connectivity index (χ3v) is 4.07. The fourth-order valence-corrected chi connectivity index (χ4v) is 2.70. The van der Waals surface area contributed by atoms with Crippen molar-refractivity contribution in [3.63, 3.8) is 0 Å². The SMILES string of the molecule is NCc1cc(Cl)cc(Cl)c1OCc1cccc(Cl)c1Cl. The number of halogens is 4. The molecule has 0 aliphatic carbocycles. The molecule has 2 aromatic carbocycles. The smallest absolute Gasteiger partial charge is 0.142 e. The highest BCUT2D eigenvalue weighted by atomic mass is 35.5. The van der Waals surface area contributed by atoms with Crippen LogP contribution >= 0.6 is 46.4 Å². The van der Waals surface area contributed by atoms with Crippen molar-refractivity contribution in [2.45, 2.75) is 13.2 Å². The zero-order chi connectivity index (χ0) is 14.7. The number of nitrogens with two attached hydrogens (primary N) is 1. The molecule has 0 aliphatic heterocycles. The van der Waals surface area contributed by atoms with E-state index in [1.54, 1.807) is 24.3 Å². The van der Waals surface area contributed by atoms with Crippen LogP contribution in [0.1, 0.15) is 11.1 Å². The van der Waals surface area contributed by atoms with Crippen LogP contribution in [-0.4, -0.2) is 0 Å². The van der Waals surface area contributed by atoms with Crippen LogP contribution in [0.15, 0.2) is 30.3 Å². The summed E-state index contributed by atoms with van der Waals surface area (Å²) in [5.41, 5.74) is 7.18. The summed E-state index contributed by atoms with van der Waals surface area (Å²) in [6.45, 7) is 0.520. The maximum atomic E-state index is 6.13. The number of hydrogen-bond acceptors (Lipinski definition) is 2. The van der Waals surface area contributed by atoms with Crippen molar-refractivity contribution in [3.8, 4) is 5.75 Å². The molecule has 0 bridgehead atoms. The van der Waals surface area contributed by atoms with Gasteiger partial charge in [-0.05, 0) is 18.2 Å². The van der Waals surface area contributed by atoms with E-state index in [0.29, 0.717) is 25.8 Å². The summed E-state index contributed by atoms with van der Waals surface area (Å²) in [4.78, 5) is 0. The lowest BCUT2D eigenvalue weighted by atomic mass is 10.2. The molecule has 2 N–H and O–H groups in total. The Hall–Kier alpha value is -0.640. The van der Waals surface area contributed by atoms with E-state index in [-0.39, 0.29) is 13.2 Å². The van der Waals surface area contributed by atoms with Gasteiger partial charge in [0.1, 0.15) is 12.4 Å². The van der Waals surface area contributed by atoms with Gasteiger partial charge in [-0.2, -0.15) is 0 Å². The van der Waals surface area contributed by atoms with E-state index in [4.69, 9.17) is 56.9 Å². The molecule has 0 saturated heterocycles. The van der Waals surface area contributed by atoms with Crippen molar-refractivity contribution in [1.29, 1.82) is 0 Å². The summed E-state index contributed by atoms with van der Waals surface area (Å²) in [7, 11) is 0. The molecule has 20 heavy (non-hydrogen) atoms. The molecule has 0 heterocycles. The fraction of sp³-hybridized carbons (Fsp3) is 0.143. The molecule has 0 radical (unpaired) electrons. The Morgan fingerprint density at radius 3 is 2.40 bits per heavy atom. The standard InChI is InChI=1S/C14H11Cl4NO/c15-10-4-9(6-19)14(12(17)5-10)20-7-8-2-1-3-11(16)13(8)18/h1-5H,6-7,19H2. The predicted octanol–water partition coefficient (Wildman–Crippen LogP) is 5.34. The van der Waals surface area contributed by atoms with E-state index in [1.165, 1.54) is 0 Å². The molecule has 2 rings (SSSR count). The second kappa shape index (κ2) is 6.88. The first-order valence-corrected chi connectivity index (χ1v) is 7.27. The van der Waals surface area contributed by atoms with Gasteiger partial charge in [0.2, 0.25) is 0 Å². The van der Waals surface area contributed by atoms with Crippen molar-refractivity contribution in [1.82, 2.24) is 0 Å². The third-order valence-electron chi connectivity index (χ3n) is 2.71. The number of ether oxygens (including phenoxy) is 1. The summed E-state index contributed by atoms with van der Waals surface area (Å²) in [6.07, 6.45) is 0. The largest absolute Gasteiger partial charge is 0.487 e. The van der Waals surface area contributed by atoms with Crippen LogP contribution in [0.4, 0.5) is 0 Å². The minimum absolute atomic E-state index is 0.244. The summed E-state index contributed by atoms with van der Waals surface area (Å²) in [6, 6.07) is 8.69. The number of hydrogen-bond donors (Lipinski definition) is 1. The quantitative estimate of drug-likeness (QED) is 0.807. The highest BCUT2D eigenvalue weighted by molar-refractivity contribution is 6.42. The van der Waals surface area contributed by atoms with Crippen LogP contribution in [0.5, 0.6) is 5.75 Å². The Labute approximate surface area is 137 Å². The molecule has 0 fully saturated rings. The molecule has 0 aliphatic rings. The van der Waals surface area contributed by atoms with E-state index in [0.717, 1.165) is 11.1 Å². The van der Waals surface area contributed by atoms with Crippen LogP contribution < -0.4 is 10.5 Å². The maximum absolute atomic E-state index is 6.13. The molecule has 2 nitrogen and oxygen atoms in total. The molecule has 0 aromatic heterocycles. The Bertz CT molecular complexity index is 631. The Kier molecular flexibility index (Phi) is 5.42. The van der Waals surface area contributed by atoms with Gasteiger partial charge in [0.05, 0.1) is 15.1 Å². The van der Waals surface area contributed by atoms with Gasteiger partial charge in [0.25, 0.3) is 0 Å². The van der Waals surface area contributed by atoms with Gasteiger partial charge in [0, 0.05) is 22.7 Å². The van der Waals surface area contributed by atoms with Gasteiger partial charge in [0.15, 0.2) is 0 Å². The molecule has 2 aromatic rings. The Morgan fingerprint density at radius 2 is 1.70 bits per heavy atom. The Morgan fingerprint density at radius 1 is 0.950 bits per heavy atom. The first kappa shape index (κ1) is 15.7. The number of rotatable bonds is 4. The Balaban J connectivity index is 2.25. The lowest BCUT2D eigenvalue weighted by Crippen LogP contribution is -2.04. The summed E-state index contributed by atoms with van der Waals surface area (Å²) in [5.74, 6) is 0.509. The molecular weight excluding hydrogens is 340 g/mol. The molecule has 0 atom stereocenters. The molecular formula is C14H11Cl4NO. The molecule has 6 heteroatoms. The van der Waals surface area contributed by atoms with Gasteiger partial charge in [-0.15, -0.1) is 0 Å². The summed E-state index contributed by atoms with van der Waals surface area (Å²) < 4.78 is 5.72. The van der Waals surface area contributed by atoms with Crippen LogP contribution in [0.2, 0.25) is 20.1 Å². The monoisotopic (exact) mass is 349 g/mol. The molecule has 0 amide bonds. The second-order valence-corrected chi connectivity index (χ2v) is 5.71. The van der Waals surface area contributed by atoms with Crippen LogP contribution in [0.3, 0.4) is 0 Å². The van der Waals surface area contributed by atoms with E-state index in [2.05, 4.69) is 0 Å². The van der Waals surface area contributed by atoms with Crippen LogP contribution in [0.25, 0.3) is 0 Å². The van der Waals surface area contributed by atoms with Crippen molar-refractivity contribution >= 4 is 46.4 Å².